The van der Waals surface area contributed by atoms with Gasteiger partial charge in [0, 0.05) is 34.1 Å². The molecule has 1 aliphatic carbocycles. The van der Waals surface area contributed by atoms with E-state index in [2.05, 4.69) is 277 Å². The molecule has 1 aliphatic heterocycles. The van der Waals surface area contributed by atoms with E-state index in [1.807, 2.05) is 0 Å². The van der Waals surface area contributed by atoms with Gasteiger partial charge < -0.3 is 9.80 Å². The summed E-state index contributed by atoms with van der Waals surface area (Å²) in [5, 5.41) is 5.48. The fraction of sp³-hybridized carbons (Fsp3) is 0.0164. The quantitative estimate of drug-likeness (QED) is 0.141. The molecule has 0 fully saturated rings. The van der Waals surface area contributed by atoms with E-state index in [1.165, 1.54) is 65.5 Å². The van der Waals surface area contributed by atoms with Crippen molar-refractivity contribution in [3.63, 3.8) is 0 Å². The van der Waals surface area contributed by atoms with Gasteiger partial charge in [-0.25, -0.2) is 0 Å². The van der Waals surface area contributed by atoms with Gasteiger partial charge in [-0.15, -0.1) is 0 Å². The summed E-state index contributed by atoms with van der Waals surface area (Å²) in [6.45, 7) is 0. The molecule has 2 nitrogen and oxygen atoms in total. The highest BCUT2D eigenvalue weighted by Crippen LogP contribution is 2.56. The van der Waals surface area contributed by atoms with E-state index in [9.17, 15) is 0 Å². The lowest BCUT2D eigenvalue weighted by molar-refractivity contribution is 0.768. The van der Waals surface area contributed by atoms with Crippen LogP contribution in [0.25, 0.3) is 11.1 Å². The number of nitrogens with zero attached hydrogens (tertiary/aromatic N) is 2. The predicted octanol–water partition coefficient (Wildman–Crippen LogP) is 12.7. The standard InChI is InChI=1S/C61H44N2Si/c1-6-23-45(24-7-1)61(55-37-18-16-35-53(55)54-36-17-19-38-56(54)61)46-25-22-30-49(43-46)62(47-26-8-2-9-27-47)50-41-42-60-58(44-50)63(48-28-10-3-11-29-48)57-39-20-21-40-59(57)64(60,51-31-12-4-13-32-51)52-33-14-5-15-34-52/h1-44H. The molecule has 0 bridgehead atoms. The third-order valence-corrected chi connectivity index (χ3v) is 18.4. The highest BCUT2D eigenvalue weighted by molar-refractivity contribution is 7.21. The molecule has 64 heavy (non-hydrogen) atoms. The maximum atomic E-state index is 2.50. The van der Waals surface area contributed by atoms with Crippen LogP contribution in [-0.4, -0.2) is 8.07 Å². The normalized spacial score (nSPS) is 13.8. The Balaban J connectivity index is 1.13. The number of hydrogen-bond donors (Lipinski definition) is 0. The number of rotatable bonds is 8. The summed E-state index contributed by atoms with van der Waals surface area (Å²) in [4.78, 5) is 4.95. The zero-order valence-corrected chi connectivity index (χ0v) is 36.3. The SMILES string of the molecule is c1ccc(N(c2cccc(C3(c4ccccc4)c4ccccc4-c4ccccc43)c2)c2ccc3c(c2)N(c2ccccc2)c2ccccc2[Si]3(c2ccccc2)c2ccccc2)cc1. The molecule has 12 rings (SSSR count). The predicted molar refractivity (Wildman–Crippen MR) is 270 cm³/mol. The Morgan fingerprint density at radius 2 is 0.797 bits per heavy atom. The minimum atomic E-state index is -2.87. The largest absolute Gasteiger partial charge is 0.311 e. The number of anilines is 6. The van der Waals surface area contributed by atoms with Gasteiger partial charge in [-0.05, 0) is 109 Å². The fourth-order valence-corrected chi connectivity index (χ4v) is 16.1. The highest BCUT2D eigenvalue weighted by Gasteiger charge is 2.49. The summed E-state index contributed by atoms with van der Waals surface area (Å²) in [5.41, 5.74) is 14.0. The van der Waals surface area contributed by atoms with Crippen LogP contribution in [0.2, 0.25) is 0 Å². The Hall–Kier alpha value is -7.98. The van der Waals surface area contributed by atoms with Gasteiger partial charge in [-0.3, -0.25) is 0 Å². The van der Waals surface area contributed by atoms with Gasteiger partial charge >= 0.3 is 0 Å². The summed E-state index contributed by atoms with van der Waals surface area (Å²) in [5.74, 6) is 0. The Labute approximate surface area is 376 Å². The first kappa shape index (κ1) is 37.8. The third kappa shape index (κ3) is 5.64. The molecule has 3 heteroatoms. The molecule has 1 heterocycles. The Morgan fingerprint density at radius 3 is 1.44 bits per heavy atom. The Morgan fingerprint density at radius 1 is 0.328 bits per heavy atom. The van der Waals surface area contributed by atoms with Crippen molar-refractivity contribution in [2.45, 2.75) is 5.41 Å². The van der Waals surface area contributed by atoms with Gasteiger partial charge in [-0.2, -0.15) is 0 Å². The van der Waals surface area contributed by atoms with Crippen molar-refractivity contribution < 1.29 is 0 Å². The second-order valence-corrected chi connectivity index (χ2v) is 20.5. The van der Waals surface area contributed by atoms with E-state index in [4.69, 9.17) is 0 Å². The van der Waals surface area contributed by atoms with Crippen molar-refractivity contribution in [2.75, 3.05) is 9.80 Å². The highest BCUT2D eigenvalue weighted by atomic mass is 28.3. The van der Waals surface area contributed by atoms with Crippen molar-refractivity contribution >= 4 is 62.9 Å². The number of hydrogen-bond acceptors (Lipinski definition) is 2. The van der Waals surface area contributed by atoms with Crippen LogP contribution in [0.15, 0.2) is 267 Å². The van der Waals surface area contributed by atoms with E-state index < -0.39 is 13.5 Å². The van der Waals surface area contributed by atoms with Gasteiger partial charge in [0.2, 0.25) is 0 Å². The van der Waals surface area contributed by atoms with E-state index in [0.29, 0.717) is 0 Å². The first-order chi connectivity index (χ1) is 31.8. The van der Waals surface area contributed by atoms with E-state index in [1.54, 1.807) is 0 Å². The first-order valence-electron chi connectivity index (χ1n) is 22.2. The van der Waals surface area contributed by atoms with Crippen LogP contribution in [0.5, 0.6) is 0 Å². The van der Waals surface area contributed by atoms with Crippen LogP contribution in [0, 0.1) is 0 Å². The van der Waals surface area contributed by atoms with Gasteiger partial charge in [0.15, 0.2) is 8.07 Å². The second kappa shape index (κ2) is 15.4. The summed E-state index contributed by atoms with van der Waals surface area (Å²) >= 11 is 0. The van der Waals surface area contributed by atoms with Crippen molar-refractivity contribution in [1.29, 1.82) is 0 Å². The third-order valence-electron chi connectivity index (χ3n) is 13.6. The zero-order chi connectivity index (χ0) is 42.5. The zero-order valence-electron chi connectivity index (χ0n) is 35.3. The van der Waals surface area contributed by atoms with Gasteiger partial charge in [0.25, 0.3) is 0 Å². The lowest BCUT2D eigenvalue weighted by atomic mass is 9.67. The molecule has 0 saturated heterocycles. The summed E-state index contributed by atoms with van der Waals surface area (Å²) in [6, 6.07) is 99.1. The summed E-state index contributed by atoms with van der Waals surface area (Å²) in [7, 11) is -2.87. The molecular formula is C61H44N2Si. The first-order valence-corrected chi connectivity index (χ1v) is 24.2. The second-order valence-electron chi connectivity index (χ2n) is 16.8. The molecule has 0 N–H and O–H groups in total. The Kier molecular flexibility index (Phi) is 9.10. The van der Waals surface area contributed by atoms with E-state index >= 15 is 0 Å². The molecule has 0 aromatic heterocycles. The fourth-order valence-electron chi connectivity index (χ4n) is 11.1. The molecule has 0 saturated carbocycles. The molecule has 0 atom stereocenters. The minimum Gasteiger partial charge on any atom is -0.311 e. The molecular weight excluding hydrogens is 789 g/mol. The number of fused-ring (bicyclic) bond motifs is 5. The van der Waals surface area contributed by atoms with Crippen LogP contribution < -0.4 is 30.5 Å². The molecule has 0 amide bonds. The molecule has 10 aromatic carbocycles. The van der Waals surface area contributed by atoms with Gasteiger partial charge in [-0.1, -0.05) is 212 Å². The maximum Gasteiger partial charge on any atom is 0.184 e. The monoisotopic (exact) mass is 832 g/mol. The van der Waals surface area contributed by atoms with Crippen LogP contribution >= 0.6 is 0 Å². The van der Waals surface area contributed by atoms with Crippen molar-refractivity contribution in [1.82, 2.24) is 0 Å². The van der Waals surface area contributed by atoms with Crippen molar-refractivity contribution in [3.05, 3.63) is 289 Å². The van der Waals surface area contributed by atoms with Crippen LogP contribution in [-0.2, 0) is 5.41 Å². The lowest BCUT2D eigenvalue weighted by Crippen LogP contribution is -2.77. The number of benzene rings is 10. The van der Waals surface area contributed by atoms with Crippen molar-refractivity contribution in [3.8, 4) is 11.1 Å². The maximum absolute atomic E-state index is 2.87. The van der Waals surface area contributed by atoms with E-state index in [0.717, 1.165) is 22.7 Å². The smallest absolute Gasteiger partial charge is 0.184 e. The van der Waals surface area contributed by atoms with Crippen LogP contribution in [0.1, 0.15) is 22.3 Å². The molecule has 302 valence electrons. The number of para-hydroxylation sites is 3. The molecule has 0 spiro atoms. The minimum absolute atomic E-state index is 0.521. The average Bonchev–Trinajstić information content (AvgIpc) is 3.68. The van der Waals surface area contributed by atoms with Crippen LogP contribution in [0.3, 0.4) is 0 Å². The molecule has 2 aliphatic rings. The average molecular weight is 833 g/mol. The van der Waals surface area contributed by atoms with Gasteiger partial charge in [0.05, 0.1) is 5.41 Å². The molecule has 10 aromatic rings. The van der Waals surface area contributed by atoms with Gasteiger partial charge in [0.1, 0.15) is 0 Å². The lowest BCUT2D eigenvalue weighted by Gasteiger charge is -2.45. The van der Waals surface area contributed by atoms with Crippen molar-refractivity contribution in [2.24, 2.45) is 0 Å². The topological polar surface area (TPSA) is 6.48 Å². The molecule has 0 radical (unpaired) electrons. The van der Waals surface area contributed by atoms with E-state index in [-0.39, 0.29) is 0 Å². The summed E-state index contributed by atoms with van der Waals surface area (Å²) < 4.78 is 0. The van der Waals surface area contributed by atoms with Crippen LogP contribution in [0.4, 0.5) is 34.1 Å². The Bertz CT molecular complexity index is 3190. The molecule has 0 unspecified atom stereocenters. The summed E-state index contributed by atoms with van der Waals surface area (Å²) in [6.07, 6.45) is 0.